The number of aryl methyl sites for hydroxylation is 1. The number of carbonyl (C=O) groups excluding carboxylic acids is 2. The predicted molar refractivity (Wildman–Crippen MR) is 92.5 cm³/mol. The van der Waals surface area contributed by atoms with E-state index in [1.807, 2.05) is 50.2 Å². The minimum absolute atomic E-state index is 0.100. The van der Waals surface area contributed by atoms with Crippen LogP contribution in [0.2, 0.25) is 0 Å². The first-order valence-corrected chi connectivity index (χ1v) is 7.46. The normalized spacial score (nSPS) is 11.4. The van der Waals surface area contributed by atoms with E-state index in [9.17, 15) is 9.59 Å². The van der Waals surface area contributed by atoms with E-state index in [0.717, 1.165) is 11.1 Å². The van der Waals surface area contributed by atoms with E-state index in [1.165, 1.54) is 6.92 Å². The fourth-order valence-electron chi connectivity index (χ4n) is 2.21. The lowest BCUT2D eigenvalue weighted by atomic mass is 10.1. The van der Waals surface area contributed by atoms with Gasteiger partial charge in [0.2, 0.25) is 5.91 Å². The second-order valence-corrected chi connectivity index (χ2v) is 5.44. The third-order valence-electron chi connectivity index (χ3n) is 3.45. The largest absolute Gasteiger partial charge is 0.331 e. The summed E-state index contributed by atoms with van der Waals surface area (Å²) in [5, 5.41) is 8.41. The molecule has 0 saturated heterocycles. The van der Waals surface area contributed by atoms with Crippen LogP contribution in [0, 0.1) is 6.92 Å². The van der Waals surface area contributed by atoms with E-state index in [-0.39, 0.29) is 18.0 Å². The second-order valence-electron chi connectivity index (χ2n) is 5.44. The molecule has 2 aromatic carbocycles. The highest BCUT2D eigenvalue weighted by atomic mass is 16.2. The van der Waals surface area contributed by atoms with Crippen LogP contribution in [-0.2, 0) is 4.79 Å². The van der Waals surface area contributed by atoms with Gasteiger partial charge in [-0.25, -0.2) is 4.79 Å². The van der Waals surface area contributed by atoms with Gasteiger partial charge >= 0.3 is 6.03 Å². The molecule has 23 heavy (non-hydrogen) atoms. The zero-order chi connectivity index (χ0) is 16.8. The molecule has 0 fully saturated rings. The van der Waals surface area contributed by atoms with E-state index in [2.05, 4.69) is 16.0 Å². The van der Waals surface area contributed by atoms with Gasteiger partial charge in [-0.1, -0.05) is 36.4 Å². The van der Waals surface area contributed by atoms with Gasteiger partial charge in [-0.05, 0) is 37.1 Å². The van der Waals surface area contributed by atoms with Crippen molar-refractivity contribution in [1.29, 1.82) is 0 Å². The molecule has 3 N–H and O–H groups in total. The Hall–Kier alpha value is -2.82. The van der Waals surface area contributed by atoms with Gasteiger partial charge in [0, 0.05) is 18.3 Å². The highest BCUT2D eigenvalue weighted by molar-refractivity contribution is 5.93. The molecule has 0 spiro atoms. The topological polar surface area (TPSA) is 70.2 Å². The van der Waals surface area contributed by atoms with Gasteiger partial charge in [0.05, 0.1) is 6.04 Å². The van der Waals surface area contributed by atoms with Crippen molar-refractivity contribution < 1.29 is 9.59 Å². The van der Waals surface area contributed by atoms with E-state index in [0.29, 0.717) is 11.4 Å². The molecule has 5 heteroatoms. The molecule has 120 valence electrons. The monoisotopic (exact) mass is 311 g/mol. The van der Waals surface area contributed by atoms with Crippen LogP contribution in [0.1, 0.15) is 31.0 Å². The lowest BCUT2D eigenvalue weighted by Crippen LogP contribution is -2.31. The zero-order valence-corrected chi connectivity index (χ0v) is 13.5. The first-order valence-electron chi connectivity index (χ1n) is 7.46. The van der Waals surface area contributed by atoms with Gasteiger partial charge in [-0.3, -0.25) is 4.79 Å². The molecule has 0 aromatic heterocycles. The van der Waals surface area contributed by atoms with Crippen LogP contribution in [0.4, 0.5) is 16.2 Å². The number of hydrogen-bond donors (Lipinski definition) is 3. The average Bonchev–Trinajstić information content (AvgIpc) is 2.51. The number of benzene rings is 2. The summed E-state index contributed by atoms with van der Waals surface area (Å²) in [7, 11) is 0. The molecule has 0 radical (unpaired) electrons. The number of carbonyl (C=O) groups is 2. The molecule has 0 saturated carbocycles. The van der Waals surface area contributed by atoms with Crippen LogP contribution >= 0.6 is 0 Å². The molecule has 5 nitrogen and oxygen atoms in total. The average molecular weight is 311 g/mol. The van der Waals surface area contributed by atoms with Gasteiger partial charge < -0.3 is 16.0 Å². The lowest BCUT2D eigenvalue weighted by molar-refractivity contribution is -0.114. The number of hydrogen-bond acceptors (Lipinski definition) is 2. The third kappa shape index (κ3) is 4.85. The summed E-state index contributed by atoms with van der Waals surface area (Å²) in [5.74, 6) is -0.146. The molecule has 3 amide bonds. The van der Waals surface area contributed by atoms with Crippen LogP contribution in [0.5, 0.6) is 0 Å². The van der Waals surface area contributed by atoms with Crippen molar-refractivity contribution in [2.24, 2.45) is 0 Å². The first-order chi connectivity index (χ1) is 11.0. The maximum Gasteiger partial charge on any atom is 0.319 e. The highest BCUT2D eigenvalue weighted by Crippen LogP contribution is 2.20. The van der Waals surface area contributed by atoms with Crippen LogP contribution in [0.15, 0.2) is 48.5 Å². The molecule has 1 atom stereocenters. The van der Waals surface area contributed by atoms with E-state index in [1.54, 1.807) is 12.1 Å². The number of nitrogens with one attached hydrogen (secondary N) is 3. The Morgan fingerprint density at radius 1 is 1.00 bits per heavy atom. The first kappa shape index (κ1) is 16.5. The van der Waals surface area contributed by atoms with Crippen molar-refractivity contribution in [3.8, 4) is 0 Å². The summed E-state index contributed by atoms with van der Waals surface area (Å²) in [5.41, 5.74) is 3.28. The zero-order valence-electron chi connectivity index (χ0n) is 13.5. The Kier molecular flexibility index (Phi) is 5.36. The summed E-state index contributed by atoms with van der Waals surface area (Å²) in [6.07, 6.45) is 0. The number of urea groups is 1. The standard InChI is InChI=1S/C18H21N3O2/c1-12-9-10-16(11-17(12)20-14(3)22)21-18(23)19-13(2)15-7-5-4-6-8-15/h4-11,13H,1-3H3,(H,20,22)(H2,19,21,23). The number of rotatable bonds is 4. The fourth-order valence-corrected chi connectivity index (χ4v) is 2.21. The van der Waals surface area contributed by atoms with Gasteiger partial charge in [-0.2, -0.15) is 0 Å². The van der Waals surface area contributed by atoms with E-state index >= 15 is 0 Å². The SMILES string of the molecule is CC(=O)Nc1cc(NC(=O)NC(C)c2ccccc2)ccc1C. The molecule has 1 unspecified atom stereocenters. The molecule has 0 aliphatic rings. The highest BCUT2D eigenvalue weighted by Gasteiger charge is 2.10. The Bertz CT molecular complexity index is 699. The van der Waals surface area contributed by atoms with Crippen molar-refractivity contribution in [2.75, 3.05) is 10.6 Å². The Morgan fingerprint density at radius 3 is 2.35 bits per heavy atom. The van der Waals surface area contributed by atoms with Crippen molar-refractivity contribution in [3.63, 3.8) is 0 Å². The molecule has 2 aromatic rings. The van der Waals surface area contributed by atoms with Crippen LogP contribution < -0.4 is 16.0 Å². The van der Waals surface area contributed by atoms with Crippen molar-refractivity contribution in [1.82, 2.24) is 5.32 Å². The fraction of sp³-hybridized carbons (Fsp3) is 0.222. The second kappa shape index (κ2) is 7.45. The summed E-state index contributed by atoms with van der Waals surface area (Å²) in [6.45, 7) is 5.27. The lowest BCUT2D eigenvalue weighted by Gasteiger charge is -2.16. The van der Waals surface area contributed by atoms with E-state index in [4.69, 9.17) is 0 Å². The van der Waals surface area contributed by atoms with Gasteiger partial charge in [0.15, 0.2) is 0 Å². The molecular formula is C18H21N3O2. The number of anilines is 2. The molecular weight excluding hydrogens is 290 g/mol. The van der Waals surface area contributed by atoms with Crippen LogP contribution in [0.3, 0.4) is 0 Å². The van der Waals surface area contributed by atoms with Gasteiger partial charge in [0.25, 0.3) is 0 Å². The smallest absolute Gasteiger partial charge is 0.319 e. The van der Waals surface area contributed by atoms with Crippen molar-refractivity contribution >= 4 is 23.3 Å². The van der Waals surface area contributed by atoms with Crippen molar-refractivity contribution in [3.05, 3.63) is 59.7 Å². The summed E-state index contributed by atoms with van der Waals surface area (Å²) < 4.78 is 0. The molecule has 0 aliphatic heterocycles. The van der Waals surface area contributed by atoms with E-state index < -0.39 is 0 Å². The van der Waals surface area contributed by atoms with Gasteiger partial charge in [-0.15, -0.1) is 0 Å². The quantitative estimate of drug-likeness (QED) is 0.803. The number of amides is 3. The van der Waals surface area contributed by atoms with Crippen molar-refractivity contribution in [2.45, 2.75) is 26.8 Å². The van der Waals surface area contributed by atoms with Crippen LogP contribution in [-0.4, -0.2) is 11.9 Å². The summed E-state index contributed by atoms with van der Waals surface area (Å²) >= 11 is 0. The summed E-state index contributed by atoms with van der Waals surface area (Å²) in [6, 6.07) is 14.7. The molecule has 0 bridgehead atoms. The minimum atomic E-state index is -0.293. The maximum atomic E-state index is 12.1. The molecule has 0 heterocycles. The summed E-state index contributed by atoms with van der Waals surface area (Å²) in [4.78, 5) is 23.3. The maximum absolute atomic E-state index is 12.1. The Balaban J connectivity index is 2.01. The van der Waals surface area contributed by atoms with Crippen LogP contribution in [0.25, 0.3) is 0 Å². The van der Waals surface area contributed by atoms with Gasteiger partial charge in [0.1, 0.15) is 0 Å². The molecule has 2 rings (SSSR count). The Labute approximate surface area is 136 Å². The minimum Gasteiger partial charge on any atom is -0.331 e. The Morgan fingerprint density at radius 2 is 1.70 bits per heavy atom. The predicted octanol–water partition coefficient (Wildman–Crippen LogP) is 3.84. The third-order valence-corrected chi connectivity index (χ3v) is 3.45. The molecule has 0 aliphatic carbocycles.